The van der Waals surface area contributed by atoms with Crippen LogP contribution in [0.25, 0.3) is 0 Å². The summed E-state index contributed by atoms with van der Waals surface area (Å²) in [7, 11) is 0. The lowest BCUT2D eigenvalue weighted by Crippen LogP contribution is -2.09. The molecule has 0 bridgehead atoms. The summed E-state index contributed by atoms with van der Waals surface area (Å²) in [4.78, 5) is 16.9. The van der Waals surface area contributed by atoms with Gasteiger partial charge < -0.3 is 0 Å². The SMILES string of the molecule is Cc1csc(C(C#N)C(=O)c2ccc(Br)s2)n1. The van der Waals surface area contributed by atoms with E-state index in [4.69, 9.17) is 5.26 Å². The van der Waals surface area contributed by atoms with Crippen molar-refractivity contribution in [3.8, 4) is 6.07 Å². The second kappa shape index (κ2) is 5.08. The van der Waals surface area contributed by atoms with Gasteiger partial charge in [0.1, 0.15) is 5.01 Å². The van der Waals surface area contributed by atoms with E-state index in [2.05, 4.69) is 20.9 Å². The van der Waals surface area contributed by atoms with Crippen molar-refractivity contribution in [2.45, 2.75) is 12.8 Å². The van der Waals surface area contributed by atoms with E-state index in [1.54, 1.807) is 12.1 Å². The van der Waals surface area contributed by atoms with Crippen molar-refractivity contribution >= 4 is 44.4 Å². The van der Waals surface area contributed by atoms with Gasteiger partial charge in [0.15, 0.2) is 11.7 Å². The van der Waals surface area contributed by atoms with E-state index in [-0.39, 0.29) is 5.78 Å². The second-order valence-electron chi connectivity index (χ2n) is 3.36. The Morgan fingerprint density at radius 1 is 1.59 bits per heavy atom. The Labute approximate surface area is 115 Å². The third-order valence-electron chi connectivity index (χ3n) is 2.09. The summed E-state index contributed by atoms with van der Waals surface area (Å²) in [5, 5.41) is 11.5. The minimum atomic E-state index is -0.792. The molecule has 86 valence electrons. The van der Waals surface area contributed by atoms with E-state index >= 15 is 0 Å². The van der Waals surface area contributed by atoms with Crippen LogP contribution in [-0.4, -0.2) is 10.8 Å². The number of Topliss-reactive ketones (excluding diaryl/α,β-unsaturated/α-hetero) is 1. The van der Waals surface area contributed by atoms with Gasteiger partial charge in [0, 0.05) is 11.1 Å². The molecule has 0 aliphatic carbocycles. The molecular weight excluding hydrogens is 320 g/mol. The van der Waals surface area contributed by atoms with Crippen LogP contribution in [0.3, 0.4) is 0 Å². The zero-order valence-electron chi connectivity index (χ0n) is 8.81. The first-order chi connectivity index (χ1) is 8.11. The fraction of sp³-hybridized carbons (Fsp3) is 0.182. The monoisotopic (exact) mass is 326 g/mol. The van der Waals surface area contributed by atoms with Crippen LogP contribution >= 0.6 is 38.6 Å². The van der Waals surface area contributed by atoms with E-state index < -0.39 is 5.92 Å². The number of aromatic nitrogens is 1. The molecular formula is C11H7BrN2OS2. The van der Waals surface area contributed by atoms with Crippen molar-refractivity contribution in [1.29, 1.82) is 5.26 Å². The minimum Gasteiger partial charge on any atom is -0.291 e. The Bertz CT molecular complexity index is 597. The molecule has 0 aromatic carbocycles. The van der Waals surface area contributed by atoms with Gasteiger partial charge in [-0.05, 0) is 35.0 Å². The first-order valence-electron chi connectivity index (χ1n) is 4.73. The molecule has 0 amide bonds. The van der Waals surface area contributed by atoms with Gasteiger partial charge in [-0.25, -0.2) is 4.98 Å². The number of thiophene rings is 1. The van der Waals surface area contributed by atoms with E-state index in [9.17, 15) is 4.79 Å². The van der Waals surface area contributed by atoms with E-state index in [0.717, 1.165) is 9.48 Å². The molecule has 0 spiro atoms. The number of rotatable bonds is 3. The average Bonchev–Trinajstić information content (AvgIpc) is 2.89. The van der Waals surface area contributed by atoms with Crippen molar-refractivity contribution < 1.29 is 4.79 Å². The van der Waals surface area contributed by atoms with E-state index in [0.29, 0.717) is 9.88 Å². The lowest BCUT2D eigenvalue weighted by molar-refractivity contribution is 0.0982. The third kappa shape index (κ3) is 2.63. The van der Waals surface area contributed by atoms with Gasteiger partial charge in [-0.3, -0.25) is 4.79 Å². The van der Waals surface area contributed by atoms with Crippen LogP contribution in [0.5, 0.6) is 0 Å². The number of hydrogen-bond acceptors (Lipinski definition) is 5. The summed E-state index contributed by atoms with van der Waals surface area (Å²) in [6.07, 6.45) is 0. The number of ketones is 1. The normalized spacial score (nSPS) is 12.1. The molecule has 0 saturated carbocycles. The molecule has 0 fully saturated rings. The smallest absolute Gasteiger partial charge is 0.196 e. The molecule has 0 radical (unpaired) electrons. The van der Waals surface area contributed by atoms with Gasteiger partial charge in [0.05, 0.1) is 14.7 Å². The molecule has 2 rings (SSSR count). The molecule has 1 atom stereocenters. The molecule has 0 saturated heterocycles. The highest BCUT2D eigenvalue weighted by molar-refractivity contribution is 9.11. The quantitative estimate of drug-likeness (QED) is 0.807. The molecule has 2 aromatic heterocycles. The highest BCUT2D eigenvalue weighted by Gasteiger charge is 2.25. The van der Waals surface area contributed by atoms with Crippen molar-refractivity contribution in [3.05, 3.63) is 36.9 Å². The zero-order valence-corrected chi connectivity index (χ0v) is 12.0. The Kier molecular flexibility index (Phi) is 3.72. The maximum Gasteiger partial charge on any atom is 0.196 e. The van der Waals surface area contributed by atoms with E-state index in [1.807, 2.05) is 18.4 Å². The summed E-state index contributed by atoms with van der Waals surface area (Å²) in [5.41, 5.74) is 0.838. The predicted molar refractivity (Wildman–Crippen MR) is 71.6 cm³/mol. The van der Waals surface area contributed by atoms with Crippen molar-refractivity contribution in [2.24, 2.45) is 0 Å². The van der Waals surface area contributed by atoms with E-state index in [1.165, 1.54) is 22.7 Å². The number of halogens is 1. The average molecular weight is 327 g/mol. The predicted octanol–water partition coefficient (Wildman–Crippen LogP) is 3.77. The van der Waals surface area contributed by atoms with Crippen molar-refractivity contribution in [2.75, 3.05) is 0 Å². The highest BCUT2D eigenvalue weighted by Crippen LogP contribution is 2.29. The van der Waals surface area contributed by atoms with Crippen LogP contribution in [0.4, 0.5) is 0 Å². The topological polar surface area (TPSA) is 53.8 Å². The minimum absolute atomic E-state index is 0.183. The van der Waals surface area contributed by atoms with Crippen molar-refractivity contribution in [3.63, 3.8) is 0 Å². The van der Waals surface area contributed by atoms with Crippen LogP contribution in [0.15, 0.2) is 21.3 Å². The lowest BCUT2D eigenvalue weighted by atomic mass is 10.1. The van der Waals surface area contributed by atoms with Crippen LogP contribution in [0.2, 0.25) is 0 Å². The fourth-order valence-electron chi connectivity index (χ4n) is 1.32. The van der Waals surface area contributed by atoms with Crippen LogP contribution in [0, 0.1) is 18.3 Å². The maximum absolute atomic E-state index is 12.1. The van der Waals surface area contributed by atoms with Gasteiger partial charge in [-0.15, -0.1) is 22.7 Å². The molecule has 17 heavy (non-hydrogen) atoms. The highest BCUT2D eigenvalue weighted by atomic mass is 79.9. The summed E-state index contributed by atoms with van der Waals surface area (Å²) in [6.45, 7) is 1.85. The summed E-state index contributed by atoms with van der Waals surface area (Å²) >= 11 is 5.99. The van der Waals surface area contributed by atoms with Gasteiger partial charge >= 0.3 is 0 Å². The maximum atomic E-state index is 12.1. The number of thiazole rings is 1. The first-order valence-corrected chi connectivity index (χ1v) is 7.22. The van der Waals surface area contributed by atoms with Gasteiger partial charge in [0.25, 0.3) is 0 Å². The second-order valence-corrected chi connectivity index (χ2v) is 6.71. The zero-order chi connectivity index (χ0) is 12.4. The number of aryl methyl sites for hydroxylation is 1. The largest absolute Gasteiger partial charge is 0.291 e. The lowest BCUT2D eigenvalue weighted by Gasteiger charge is -2.01. The molecule has 6 heteroatoms. The molecule has 0 aliphatic rings. The molecule has 2 aromatic rings. The number of carbonyl (C=O) groups is 1. The third-order valence-corrected chi connectivity index (χ3v) is 4.76. The van der Waals surface area contributed by atoms with Gasteiger partial charge in [-0.2, -0.15) is 5.26 Å². The standard InChI is InChI=1S/C11H7BrN2OS2/c1-6-5-16-11(14-6)7(4-13)10(15)8-2-3-9(12)17-8/h2-3,5,7H,1H3. The first kappa shape index (κ1) is 12.4. The number of nitriles is 1. The van der Waals surface area contributed by atoms with Crippen LogP contribution in [-0.2, 0) is 0 Å². The Morgan fingerprint density at radius 3 is 2.82 bits per heavy atom. The summed E-state index contributed by atoms with van der Waals surface area (Å²) in [6, 6.07) is 5.56. The fourth-order valence-corrected chi connectivity index (χ4v) is 3.51. The summed E-state index contributed by atoms with van der Waals surface area (Å²) in [5.74, 6) is -0.975. The number of nitrogens with zero attached hydrogens (tertiary/aromatic N) is 2. The molecule has 0 N–H and O–H groups in total. The van der Waals surface area contributed by atoms with Crippen LogP contribution < -0.4 is 0 Å². The molecule has 0 aliphatic heterocycles. The molecule has 1 unspecified atom stereocenters. The Morgan fingerprint density at radius 2 is 2.35 bits per heavy atom. The van der Waals surface area contributed by atoms with Crippen LogP contribution in [0.1, 0.15) is 26.3 Å². The van der Waals surface area contributed by atoms with Gasteiger partial charge in [-0.1, -0.05) is 0 Å². The van der Waals surface area contributed by atoms with Gasteiger partial charge in [0.2, 0.25) is 0 Å². The van der Waals surface area contributed by atoms with Crippen molar-refractivity contribution in [1.82, 2.24) is 4.98 Å². The Balaban J connectivity index is 2.32. The Hall–Kier alpha value is -1.03. The number of hydrogen-bond donors (Lipinski definition) is 0. The summed E-state index contributed by atoms with van der Waals surface area (Å²) < 4.78 is 0.882. The number of carbonyl (C=O) groups excluding carboxylic acids is 1. The molecule has 3 nitrogen and oxygen atoms in total. The molecule has 2 heterocycles.